The Kier molecular flexibility index (Phi) is 5.39. The third-order valence-electron chi connectivity index (χ3n) is 6.61. The van der Waals surface area contributed by atoms with Crippen molar-refractivity contribution < 1.29 is 9.47 Å². The zero-order valence-corrected chi connectivity index (χ0v) is 20.8. The van der Waals surface area contributed by atoms with Gasteiger partial charge in [0, 0.05) is 29.3 Å². The molecule has 6 nitrogen and oxygen atoms in total. The second-order valence-electron chi connectivity index (χ2n) is 8.65. The van der Waals surface area contributed by atoms with Gasteiger partial charge in [-0.3, -0.25) is 4.98 Å². The third kappa shape index (κ3) is 3.63. The van der Waals surface area contributed by atoms with E-state index in [1.807, 2.05) is 66.9 Å². The molecule has 0 radical (unpaired) electrons. The Morgan fingerprint density at radius 1 is 1.00 bits per heavy atom. The number of halogens is 1. The Balaban J connectivity index is 1.52. The minimum Gasteiger partial charge on any atom is -0.454 e. The summed E-state index contributed by atoms with van der Waals surface area (Å²) in [5.74, 6) is 1.45. The van der Waals surface area contributed by atoms with E-state index in [1.165, 1.54) is 0 Å². The van der Waals surface area contributed by atoms with Gasteiger partial charge in [-0.25, -0.2) is 0 Å². The maximum absolute atomic E-state index is 6.60. The zero-order valence-electron chi connectivity index (χ0n) is 19.2. The maximum atomic E-state index is 6.60. The van der Waals surface area contributed by atoms with Crippen molar-refractivity contribution in [2.45, 2.75) is 25.9 Å². The minimum atomic E-state index is -0.144. The summed E-state index contributed by atoms with van der Waals surface area (Å²) in [4.78, 5) is 6.81. The number of rotatable bonds is 4. The van der Waals surface area contributed by atoms with Crippen molar-refractivity contribution >= 4 is 34.6 Å². The predicted octanol–water partition coefficient (Wildman–Crippen LogP) is 6.05. The summed E-state index contributed by atoms with van der Waals surface area (Å²) in [6, 6.07) is 21.7. The average Bonchev–Trinajstić information content (AvgIpc) is 3.55. The van der Waals surface area contributed by atoms with Crippen LogP contribution in [-0.2, 0) is 0 Å². The molecule has 2 aliphatic rings. The maximum Gasteiger partial charge on any atom is 0.231 e. The summed E-state index contributed by atoms with van der Waals surface area (Å²) in [6.07, 6.45) is 1.81. The number of thiocarbonyl (C=S) groups is 1. The van der Waals surface area contributed by atoms with Crippen LogP contribution in [0.3, 0.4) is 0 Å². The van der Waals surface area contributed by atoms with E-state index in [4.69, 9.17) is 33.3 Å². The van der Waals surface area contributed by atoms with E-state index < -0.39 is 0 Å². The van der Waals surface area contributed by atoms with Crippen LogP contribution >= 0.6 is 23.8 Å². The highest BCUT2D eigenvalue weighted by atomic mass is 35.5. The standard InChI is InChI=1S/C27H23ClN4O2S/c1-16-13-19(17(2)31(16)22-9-4-3-7-20(22)28)26-25(21-8-5-6-12-29-21)30-27(35)32(26)18-10-11-23-24(14-18)34-15-33-23/h3-14,25-26H,15H2,1-2H3,(H,30,35)/t25-,26+/m1/s1. The molecule has 0 saturated carbocycles. The summed E-state index contributed by atoms with van der Waals surface area (Å²) < 4.78 is 13.4. The smallest absolute Gasteiger partial charge is 0.231 e. The van der Waals surface area contributed by atoms with Crippen LogP contribution in [0.2, 0.25) is 5.02 Å². The van der Waals surface area contributed by atoms with E-state index in [2.05, 4.69) is 39.7 Å². The predicted molar refractivity (Wildman–Crippen MR) is 141 cm³/mol. The van der Waals surface area contributed by atoms with Crippen molar-refractivity contribution in [1.82, 2.24) is 14.9 Å². The molecule has 8 heteroatoms. The molecule has 0 aliphatic carbocycles. The molecule has 6 rings (SSSR count). The summed E-state index contributed by atoms with van der Waals surface area (Å²) in [7, 11) is 0. The second-order valence-corrected chi connectivity index (χ2v) is 9.44. The summed E-state index contributed by atoms with van der Waals surface area (Å²) in [6.45, 7) is 4.45. The highest BCUT2D eigenvalue weighted by Crippen LogP contribution is 2.46. The van der Waals surface area contributed by atoms with Crippen molar-refractivity contribution in [3.63, 3.8) is 0 Å². The Morgan fingerprint density at radius 3 is 2.60 bits per heavy atom. The Morgan fingerprint density at radius 2 is 1.80 bits per heavy atom. The largest absolute Gasteiger partial charge is 0.454 e. The SMILES string of the molecule is Cc1cc([C@H]2[C@@H](c3ccccn3)NC(=S)N2c2ccc3c(c2)OCO3)c(C)n1-c1ccccc1Cl. The summed E-state index contributed by atoms with van der Waals surface area (Å²) in [5, 5.41) is 4.86. The molecule has 4 heterocycles. The van der Waals surface area contributed by atoms with Crippen molar-refractivity contribution in [1.29, 1.82) is 0 Å². The molecule has 4 aromatic rings. The molecule has 0 amide bonds. The molecule has 0 unspecified atom stereocenters. The first-order valence-electron chi connectivity index (χ1n) is 11.4. The average molecular weight is 503 g/mol. The number of benzene rings is 2. The van der Waals surface area contributed by atoms with Crippen molar-refractivity contribution in [2.24, 2.45) is 0 Å². The number of hydrogen-bond acceptors (Lipinski definition) is 4. The van der Waals surface area contributed by atoms with Crippen LogP contribution in [0, 0.1) is 13.8 Å². The van der Waals surface area contributed by atoms with Crippen LogP contribution in [0.25, 0.3) is 5.69 Å². The highest BCUT2D eigenvalue weighted by molar-refractivity contribution is 7.80. The third-order valence-corrected chi connectivity index (χ3v) is 7.25. The first-order chi connectivity index (χ1) is 17.0. The van der Waals surface area contributed by atoms with Gasteiger partial charge in [-0.05, 0) is 74.1 Å². The first kappa shape index (κ1) is 21.9. The monoisotopic (exact) mass is 502 g/mol. The number of ether oxygens (including phenoxy) is 2. The van der Waals surface area contributed by atoms with Crippen molar-refractivity contribution in [3.8, 4) is 17.2 Å². The summed E-state index contributed by atoms with van der Waals surface area (Å²) in [5.41, 5.74) is 6.13. The van der Waals surface area contributed by atoms with E-state index in [0.717, 1.165) is 39.8 Å². The van der Waals surface area contributed by atoms with Crippen LogP contribution in [0.5, 0.6) is 11.5 Å². The number of fused-ring (bicyclic) bond motifs is 1. The molecule has 35 heavy (non-hydrogen) atoms. The number of nitrogens with one attached hydrogen (secondary N) is 1. The number of aromatic nitrogens is 2. The fourth-order valence-electron chi connectivity index (χ4n) is 5.07. The normalized spacial score (nSPS) is 18.7. The van der Waals surface area contributed by atoms with E-state index in [1.54, 1.807) is 0 Å². The lowest BCUT2D eigenvalue weighted by Crippen LogP contribution is -2.29. The number of nitrogens with zero attached hydrogens (tertiary/aromatic N) is 3. The molecule has 0 spiro atoms. The van der Waals surface area contributed by atoms with Gasteiger partial charge in [-0.15, -0.1) is 0 Å². The van der Waals surface area contributed by atoms with Gasteiger partial charge in [-0.1, -0.05) is 29.8 Å². The molecule has 1 N–H and O–H groups in total. The molecule has 2 atom stereocenters. The molecule has 176 valence electrons. The lowest BCUT2D eigenvalue weighted by atomic mass is 9.96. The Hall–Kier alpha value is -3.55. The number of hydrogen-bond donors (Lipinski definition) is 1. The van der Waals surface area contributed by atoms with E-state index >= 15 is 0 Å². The van der Waals surface area contributed by atoms with E-state index in [9.17, 15) is 0 Å². The van der Waals surface area contributed by atoms with Gasteiger partial charge in [0.2, 0.25) is 6.79 Å². The van der Waals surface area contributed by atoms with Crippen LogP contribution in [0.4, 0.5) is 5.69 Å². The Labute approximate surface area is 214 Å². The zero-order chi connectivity index (χ0) is 24.1. The topological polar surface area (TPSA) is 51.6 Å². The van der Waals surface area contributed by atoms with Crippen LogP contribution in [-0.4, -0.2) is 21.5 Å². The van der Waals surface area contributed by atoms with Crippen LogP contribution in [0.15, 0.2) is 72.9 Å². The number of aryl methyl sites for hydroxylation is 1. The van der Waals surface area contributed by atoms with Crippen molar-refractivity contribution in [3.05, 3.63) is 101 Å². The molecular formula is C27H23ClN4O2S. The molecule has 2 aromatic carbocycles. The first-order valence-corrected chi connectivity index (χ1v) is 12.2. The number of pyridine rings is 1. The quantitative estimate of drug-likeness (QED) is 0.343. The van der Waals surface area contributed by atoms with Gasteiger partial charge in [0.1, 0.15) is 0 Å². The van der Waals surface area contributed by atoms with Gasteiger partial charge < -0.3 is 24.3 Å². The molecule has 2 aromatic heterocycles. The lowest BCUT2D eigenvalue weighted by molar-refractivity contribution is 0.174. The minimum absolute atomic E-state index is 0.139. The van der Waals surface area contributed by atoms with Crippen molar-refractivity contribution in [2.75, 3.05) is 11.7 Å². The van der Waals surface area contributed by atoms with Crippen LogP contribution < -0.4 is 19.7 Å². The van der Waals surface area contributed by atoms with Crippen LogP contribution in [0.1, 0.15) is 34.7 Å². The van der Waals surface area contributed by atoms with Gasteiger partial charge >= 0.3 is 0 Å². The highest BCUT2D eigenvalue weighted by Gasteiger charge is 2.42. The summed E-state index contributed by atoms with van der Waals surface area (Å²) >= 11 is 12.5. The fraction of sp³-hybridized carbons (Fsp3) is 0.185. The molecule has 2 aliphatic heterocycles. The second kappa shape index (κ2) is 8.59. The lowest BCUT2D eigenvalue weighted by Gasteiger charge is -2.28. The molecular weight excluding hydrogens is 480 g/mol. The number of para-hydroxylation sites is 1. The fourth-order valence-corrected chi connectivity index (χ4v) is 5.64. The van der Waals surface area contributed by atoms with Gasteiger partial charge in [0.25, 0.3) is 0 Å². The number of anilines is 1. The molecule has 0 bridgehead atoms. The van der Waals surface area contributed by atoms with E-state index in [0.29, 0.717) is 15.9 Å². The van der Waals surface area contributed by atoms with E-state index in [-0.39, 0.29) is 18.9 Å². The Bertz CT molecular complexity index is 1440. The van der Waals surface area contributed by atoms with Gasteiger partial charge in [0.05, 0.1) is 28.5 Å². The van der Waals surface area contributed by atoms with Gasteiger partial charge in [0.15, 0.2) is 16.6 Å². The molecule has 1 saturated heterocycles. The van der Waals surface area contributed by atoms with Gasteiger partial charge in [-0.2, -0.15) is 0 Å². The molecule has 1 fully saturated rings.